The quantitative estimate of drug-likeness (QED) is 0.165. The standard InChI is InChI=1S/C61H46N2/c1-39-31-33-55(41(3)35-39)62(43-19-7-5-8-20-43)57-37-53-59(49-27-13-11-25-47(49)57)60-50-28-14-12-26-48(50)58(63(44-21-9-6-10-22-44)56-34-32-40(2)36-42(56)4)38-54(60)61(53)51-29-17-15-23-45(51)46-24-16-18-30-52(46)61/h5-38H,1-4H3. The summed E-state index contributed by atoms with van der Waals surface area (Å²) in [7, 11) is 0. The average molecular weight is 807 g/mol. The topological polar surface area (TPSA) is 6.48 Å². The van der Waals surface area contributed by atoms with Crippen molar-refractivity contribution >= 4 is 55.7 Å². The lowest BCUT2D eigenvalue weighted by Gasteiger charge is -2.34. The summed E-state index contributed by atoms with van der Waals surface area (Å²) in [5.41, 5.74) is 21.8. The fraction of sp³-hybridized carbons (Fsp3) is 0.0820. The molecule has 2 aliphatic rings. The molecule has 0 unspecified atom stereocenters. The molecule has 0 atom stereocenters. The second-order valence-electron chi connectivity index (χ2n) is 17.5. The first kappa shape index (κ1) is 37.1. The van der Waals surface area contributed by atoms with E-state index in [4.69, 9.17) is 0 Å². The number of anilines is 6. The van der Waals surface area contributed by atoms with Crippen LogP contribution in [0, 0.1) is 27.7 Å². The van der Waals surface area contributed by atoms with Gasteiger partial charge in [-0.2, -0.15) is 0 Å². The highest BCUT2D eigenvalue weighted by Crippen LogP contribution is 2.67. The summed E-state index contributed by atoms with van der Waals surface area (Å²) >= 11 is 0. The van der Waals surface area contributed by atoms with Gasteiger partial charge in [-0.3, -0.25) is 0 Å². The predicted molar refractivity (Wildman–Crippen MR) is 266 cm³/mol. The predicted octanol–water partition coefficient (Wildman–Crippen LogP) is 16.5. The summed E-state index contributed by atoms with van der Waals surface area (Å²) in [5, 5.41) is 4.94. The zero-order valence-corrected chi connectivity index (χ0v) is 36.0. The van der Waals surface area contributed by atoms with E-state index < -0.39 is 5.41 Å². The van der Waals surface area contributed by atoms with Gasteiger partial charge in [0.15, 0.2) is 0 Å². The van der Waals surface area contributed by atoms with Crippen LogP contribution in [0.25, 0.3) is 43.8 Å². The monoisotopic (exact) mass is 806 g/mol. The van der Waals surface area contributed by atoms with Gasteiger partial charge in [-0.15, -0.1) is 0 Å². The lowest BCUT2D eigenvalue weighted by atomic mass is 9.70. The molecule has 0 bridgehead atoms. The van der Waals surface area contributed by atoms with E-state index >= 15 is 0 Å². The molecular formula is C61H46N2. The Morgan fingerprint density at radius 2 is 0.667 bits per heavy atom. The van der Waals surface area contributed by atoms with E-state index in [1.807, 2.05) is 0 Å². The minimum absolute atomic E-state index is 0.620. The van der Waals surface area contributed by atoms with Gasteiger partial charge >= 0.3 is 0 Å². The zero-order chi connectivity index (χ0) is 42.4. The molecule has 0 heterocycles. The molecule has 0 aliphatic heterocycles. The maximum Gasteiger partial charge on any atom is 0.0727 e. The second kappa shape index (κ2) is 14.2. The fourth-order valence-electron chi connectivity index (χ4n) is 11.3. The molecule has 300 valence electrons. The van der Waals surface area contributed by atoms with Crippen LogP contribution in [0.2, 0.25) is 0 Å². The molecule has 10 aromatic carbocycles. The molecule has 0 fully saturated rings. The Kier molecular flexibility index (Phi) is 8.36. The van der Waals surface area contributed by atoms with Crippen LogP contribution in [-0.2, 0) is 5.41 Å². The highest BCUT2D eigenvalue weighted by Gasteiger charge is 2.53. The van der Waals surface area contributed by atoms with Crippen molar-refractivity contribution in [1.29, 1.82) is 0 Å². The molecule has 10 aromatic rings. The van der Waals surface area contributed by atoms with E-state index in [9.17, 15) is 0 Å². The number of hydrogen-bond donors (Lipinski definition) is 0. The van der Waals surface area contributed by atoms with Crippen LogP contribution in [0.4, 0.5) is 34.1 Å². The first-order chi connectivity index (χ1) is 30.9. The van der Waals surface area contributed by atoms with E-state index in [1.165, 1.54) is 111 Å². The van der Waals surface area contributed by atoms with E-state index in [1.54, 1.807) is 0 Å². The van der Waals surface area contributed by atoms with Gasteiger partial charge in [-0.25, -0.2) is 0 Å². The Morgan fingerprint density at radius 1 is 0.302 bits per heavy atom. The number of aryl methyl sites for hydroxylation is 4. The van der Waals surface area contributed by atoms with E-state index in [0.717, 1.165) is 11.4 Å². The van der Waals surface area contributed by atoms with Crippen LogP contribution < -0.4 is 9.80 Å². The molecule has 2 aliphatic carbocycles. The maximum atomic E-state index is 2.57. The van der Waals surface area contributed by atoms with Crippen molar-refractivity contribution in [3.05, 3.63) is 251 Å². The van der Waals surface area contributed by atoms with E-state index in [0.29, 0.717) is 0 Å². The number of fused-ring (bicyclic) bond motifs is 14. The van der Waals surface area contributed by atoms with Crippen molar-refractivity contribution < 1.29 is 0 Å². The third-order valence-corrected chi connectivity index (χ3v) is 13.8. The van der Waals surface area contributed by atoms with Gasteiger partial charge in [0, 0.05) is 33.5 Å². The van der Waals surface area contributed by atoms with Crippen molar-refractivity contribution in [3.63, 3.8) is 0 Å². The van der Waals surface area contributed by atoms with Crippen LogP contribution in [0.1, 0.15) is 44.5 Å². The molecule has 0 saturated heterocycles. The number of benzene rings is 10. The van der Waals surface area contributed by atoms with Crippen LogP contribution in [0.5, 0.6) is 0 Å². The minimum Gasteiger partial charge on any atom is -0.310 e. The molecule has 0 radical (unpaired) electrons. The Bertz CT molecular complexity index is 3220. The summed E-state index contributed by atoms with van der Waals surface area (Å²) in [6, 6.07) is 77.3. The van der Waals surface area contributed by atoms with Crippen LogP contribution in [0.3, 0.4) is 0 Å². The number of rotatable bonds is 6. The maximum absolute atomic E-state index is 2.57. The largest absolute Gasteiger partial charge is 0.310 e. The van der Waals surface area contributed by atoms with E-state index in [-0.39, 0.29) is 0 Å². The van der Waals surface area contributed by atoms with E-state index in [2.05, 4.69) is 244 Å². The lowest BCUT2D eigenvalue weighted by molar-refractivity contribution is 0.795. The smallest absolute Gasteiger partial charge is 0.0727 e. The minimum atomic E-state index is -0.620. The van der Waals surface area contributed by atoms with Gasteiger partial charge in [0.2, 0.25) is 0 Å². The normalized spacial score (nSPS) is 12.9. The Morgan fingerprint density at radius 3 is 1.08 bits per heavy atom. The van der Waals surface area contributed by atoms with Gasteiger partial charge in [0.25, 0.3) is 0 Å². The van der Waals surface area contributed by atoms with Crippen molar-refractivity contribution in [2.24, 2.45) is 0 Å². The molecule has 0 saturated carbocycles. The third-order valence-electron chi connectivity index (χ3n) is 13.8. The van der Waals surface area contributed by atoms with Crippen LogP contribution in [0.15, 0.2) is 206 Å². The molecule has 2 heteroatoms. The molecular weight excluding hydrogens is 761 g/mol. The molecule has 1 spiro atoms. The SMILES string of the molecule is Cc1ccc(N(c2ccccc2)c2cc3c(c4ccccc24)-c2c(cc(N(c4ccccc4)c4ccc(C)cc4C)c4ccccc24)C32c3ccccc3-c3ccccc32)c(C)c1. The van der Waals surface area contributed by atoms with Crippen molar-refractivity contribution in [1.82, 2.24) is 0 Å². The first-order valence-corrected chi connectivity index (χ1v) is 22.1. The third kappa shape index (κ3) is 5.38. The van der Waals surface area contributed by atoms with Gasteiger partial charge < -0.3 is 9.80 Å². The Balaban J connectivity index is 1.27. The summed E-state index contributed by atoms with van der Waals surface area (Å²) in [6.07, 6.45) is 0. The first-order valence-electron chi connectivity index (χ1n) is 22.1. The number of para-hydroxylation sites is 2. The average Bonchev–Trinajstić information content (AvgIpc) is 3.79. The number of nitrogens with zero attached hydrogens (tertiary/aromatic N) is 2. The van der Waals surface area contributed by atoms with Crippen molar-refractivity contribution in [2.45, 2.75) is 33.1 Å². The fourth-order valence-corrected chi connectivity index (χ4v) is 11.3. The highest BCUT2D eigenvalue weighted by atomic mass is 15.2. The van der Waals surface area contributed by atoms with Gasteiger partial charge in [0.1, 0.15) is 0 Å². The molecule has 0 aromatic heterocycles. The summed E-state index contributed by atoms with van der Waals surface area (Å²) in [6.45, 7) is 8.86. The molecule has 0 N–H and O–H groups in total. The summed E-state index contributed by atoms with van der Waals surface area (Å²) < 4.78 is 0. The Hall–Kier alpha value is -7.68. The van der Waals surface area contributed by atoms with Gasteiger partial charge in [0.05, 0.1) is 16.8 Å². The summed E-state index contributed by atoms with van der Waals surface area (Å²) in [4.78, 5) is 5.00. The lowest BCUT2D eigenvalue weighted by Crippen LogP contribution is -2.27. The van der Waals surface area contributed by atoms with Crippen LogP contribution >= 0.6 is 0 Å². The molecule has 0 amide bonds. The second-order valence-corrected chi connectivity index (χ2v) is 17.5. The number of hydrogen-bond acceptors (Lipinski definition) is 2. The van der Waals surface area contributed by atoms with Crippen molar-refractivity contribution in [2.75, 3.05) is 9.80 Å². The highest BCUT2D eigenvalue weighted by molar-refractivity contribution is 6.19. The van der Waals surface area contributed by atoms with Crippen molar-refractivity contribution in [3.8, 4) is 22.3 Å². The van der Waals surface area contributed by atoms with Gasteiger partial charge in [-0.05, 0) is 143 Å². The Labute approximate surface area is 370 Å². The molecule has 2 nitrogen and oxygen atoms in total. The van der Waals surface area contributed by atoms with Crippen LogP contribution in [-0.4, -0.2) is 0 Å². The zero-order valence-electron chi connectivity index (χ0n) is 36.0. The molecule has 63 heavy (non-hydrogen) atoms. The van der Waals surface area contributed by atoms with Gasteiger partial charge in [-0.1, -0.05) is 169 Å². The molecule has 12 rings (SSSR count). The summed E-state index contributed by atoms with van der Waals surface area (Å²) in [5.74, 6) is 0.